The van der Waals surface area contributed by atoms with Crippen molar-refractivity contribution in [3.63, 3.8) is 0 Å². The topological polar surface area (TPSA) is 47.3 Å². The smallest absolute Gasteiger partial charge is 0.0740 e. The minimum absolute atomic E-state index is 0.285. The highest BCUT2D eigenvalue weighted by Crippen LogP contribution is 2.30. The van der Waals surface area contributed by atoms with Gasteiger partial charge in [0.1, 0.15) is 0 Å². The fraction of sp³-hybridized carbons (Fsp3) is 1.00. The molecule has 1 aliphatic rings. The lowest BCUT2D eigenvalue weighted by Crippen LogP contribution is -2.49. The van der Waals surface area contributed by atoms with Crippen LogP contribution in [0.3, 0.4) is 0 Å². The highest BCUT2D eigenvalue weighted by atomic mass is 16.5. The van der Waals surface area contributed by atoms with Crippen LogP contribution < -0.4 is 11.3 Å². The Bertz CT molecular complexity index is 146. The average molecular weight is 200 g/mol. The maximum Gasteiger partial charge on any atom is 0.0740 e. The molecule has 0 aliphatic heterocycles. The molecule has 0 bridgehead atoms. The third-order valence-corrected chi connectivity index (χ3v) is 3.38. The molecule has 1 fully saturated rings. The van der Waals surface area contributed by atoms with Crippen LogP contribution in [-0.4, -0.2) is 19.3 Å². The molecule has 0 heterocycles. The molecule has 0 aromatic rings. The van der Waals surface area contributed by atoms with Gasteiger partial charge in [-0.3, -0.25) is 11.3 Å². The number of nitrogens with two attached hydrogens (primary N) is 1. The van der Waals surface area contributed by atoms with Crippen molar-refractivity contribution in [2.24, 2.45) is 11.8 Å². The molecule has 1 aliphatic carbocycles. The zero-order valence-corrected chi connectivity index (χ0v) is 9.46. The first-order valence-electron chi connectivity index (χ1n) is 5.82. The van der Waals surface area contributed by atoms with E-state index in [2.05, 4.69) is 12.3 Å². The van der Waals surface area contributed by atoms with Crippen molar-refractivity contribution < 1.29 is 4.74 Å². The lowest BCUT2D eigenvalue weighted by molar-refractivity contribution is 0.0413. The first-order valence-corrected chi connectivity index (χ1v) is 5.82. The predicted octanol–water partition coefficient (Wildman–Crippen LogP) is 1.82. The van der Waals surface area contributed by atoms with E-state index in [4.69, 9.17) is 10.6 Å². The Morgan fingerprint density at radius 1 is 1.43 bits per heavy atom. The number of rotatable bonds is 6. The molecule has 0 saturated heterocycles. The lowest BCUT2D eigenvalue weighted by atomic mass is 9.92. The number of hydrogen-bond donors (Lipinski definition) is 2. The SMILES string of the molecule is CCCC(OC)C(NN)C1CCCC1. The van der Waals surface area contributed by atoms with E-state index in [1.807, 2.05) is 0 Å². The summed E-state index contributed by atoms with van der Waals surface area (Å²) < 4.78 is 5.51. The van der Waals surface area contributed by atoms with E-state index < -0.39 is 0 Å². The van der Waals surface area contributed by atoms with Crippen molar-refractivity contribution in [2.45, 2.75) is 57.6 Å². The normalized spacial score (nSPS) is 22.5. The molecule has 0 aromatic heterocycles. The van der Waals surface area contributed by atoms with Crippen LogP contribution in [0.2, 0.25) is 0 Å². The lowest BCUT2D eigenvalue weighted by Gasteiger charge is -2.30. The van der Waals surface area contributed by atoms with Crippen molar-refractivity contribution in [2.75, 3.05) is 7.11 Å². The molecule has 84 valence electrons. The maximum absolute atomic E-state index is 5.63. The fourth-order valence-electron chi connectivity index (χ4n) is 2.59. The van der Waals surface area contributed by atoms with Crippen molar-refractivity contribution in [3.8, 4) is 0 Å². The summed E-state index contributed by atoms with van der Waals surface area (Å²) in [6, 6.07) is 0.349. The zero-order valence-electron chi connectivity index (χ0n) is 9.46. The average Bonchev–Trinajstić information content (AvgIpc) is 2.71. The molecule has 2 atom stereocenters. The van der Waals surface area contributed by atoms with Gasteiger partial charge in [-0.1, -0.05) is 26.2 Å². The predicted molar refractivity (Wildman–Crippen MR) is 58.8 cm³/mol. The van der Waals surface area contributed by atoms with E-state index in [0.29, 0.717) is 6.04 Å². The molecule has 0 radical (unpaired) electrons. The molecule has 3 nitrogen and oxygen atoms in total. The van der Waals surface area contributed by atoms with E-state index in [1.54, 1.807) is 7.11 Å². The van der Waals surface area contributed by atoms with Gasteiger partial charge < -0.3 is 4.74 Å². The van der Waals surface area contributed by atoms with Crippen molar-refractivity contribution >= 4 is 0 Å². The summed E-state index contributed by atoms with van der Waals surface area (Å²) in [5.41, 5.74) is 2.95. The minimum atomic E-state index is 0.285. The summed E-state index contributed by atoms with van der Waals surface area (Å²) in [6.07, 6.45) is 7.85. The first-order chi connectivity index (χ1) is 6.83. The molecule has 0 spiro atoms. The van der Waals surface area contributed by atoms with Crippen molar-refractivity contribution in [1.82, 2.24) is 5.43 Å². The Hall–Kier alpha value is -0.120. The summed E-state index contributed by atoms with van der Waals surface area (Å²) in [7, 11) is 1.79. The van der Waals surface area contributed by atoms with Gasteiger partial charge in [0, 0.05) is 7.11 Å². The number of nitrogens with one attached hydrogen (secondary N) is 1. The summed E-state index contributed by atoms with van der Waals surface area (Å²) in [4.78, 5) is 0. The van der Waals surface area contributed by atoms with Crippen LogP contribution in [0.4, 0.5) is 0 Å². The molecule has 1 rings (SSSR count). The highest BCUT2D eigenvalue weighted by Gasteiger charge is 2.30. The van der Waals surface area contributed by atoms with E-state index in [1.165, 1.54) is 25.7 Å². The Kier molecular flexibility index (Phi) is 5.45. The van der Waals surface area contributed by atoms with Gasteiger partial charge in [0.05, 0.1) is 12.1 Å². The van der Waals surface area contributed by atoms with Crippen LogP contribution >= 0.6 is 0 Å². The molecule has 3 heteroatoms. The van der Waals surface area contributed by atoms with Crippen LogP contribution in [0, 0.1) is 5.92 Å². The largest absolute Gasteiger partial charge is 0.380 e. The molecule has 3 N–H and O–H groups in total. The van der Waals surface area contributed by atoms with E-state index >= 15 is 0 Å². The molecule has 0 aromatic carbocycles. The summed E-state index contributed by atoms with van der Waals surface area (Å²) in [6.45, 7) is 2.19. The molecule has 2 unspecified atom stereocenters. The summed E-state index contributed by atoms with van der Waals surface area (Å²) >= 11 is 0. The standard InChI is InChI=1S/C11H24N2O/c1-3-6-10(14-2)11(13-12)9-7-4-5-8-9/h9-11,13H,3-8,12H2,1-2H3. The third-order valence-electron chi connectivity index (χ3n) is 3.38. The van der Waals surface area contributed by atoms with Gasteiger partial charge in [-0.2, -0.15) is 0 Å². The second-order valence-corrected chi connectivity index (χ2v) is 4.30. The van der Waals surface area contributed by atoms with E-state index in [-0.39, 0.29) is 6.10 Å². The van der Waals surface area contributed by atoms with Crippen LogP contribution in [0.5, 0.6) is 0 Å². The molecular weight excluding hydrogens is 176 g/mol. The van der Waals surface area contributed by atoms with Crippen molar-refractivity contribution in [3.05, 3.63) is 0 Å². The molecule has 1 saturated carbocycles. The van der Waals surface area contributed by atoms with Crippen LogP contribution in [0.1, 0.15) is 45.4 Å². The van der Waals surface area contributed by atoms with Crippen LogP contribution in [0.15, 0.2) is 0 Å². The summed E-state index contributed by atoms with van der Waals surface area (Å²) in [5, 5.41) is 0. The van der Waals surface area contributed by atoms with Crippen molar-refractivity contribution in [1.29, 1.82) is 0 Å². The summed E-state index contributed by atoms with van der Waals surface area (Å²) in [5.74, 6) is 6.35. The molecule has 0 amide bonds. The Morgan fingerprint density at radius 2 is 2.07 bits per heavy atom. The molecular formula is C11H24N2O. The maximum atomic E-state index is 5.63. The highest BCUT2D eigenvalue weighted by molar-refractivity contribution is 4.85. The Labute approximate surface area is 87.4 Å². The monoisotopic (exact) mass is 200 g/mol. The van der Waals surface area contributed by atoms with Gasteiger partial charge in [0.25, 0.3) is 0 Å². The van der Waals surface area contributed by atoms with Gasteiger partial charge in [-0.25, -0.2) is 0 Å². The van der Waals surface area contributed by atoms with E-state index in [9.17, 15) is 0 Å². The quantitative estimate of drug-likeness (QED) is 0.508. The zero-order chi connectivity index (χ0) is 10.4. The van der Waals surface area contributed by atoms with Gasteiger partial charge >= 0.3 is 0 Å². The van der Waals surface area contributed by atoms with Gasteiger partial charge in [0.15, 0.2) is 0 Å². The minimum Gasteiger partial charge on any atom is -0.380 e. The van der Waals surface area contributed by atoms with Crippen LogP contribution in [0.25, 0.3) is 0 Å². The number of methoxy groups -OCH3 is 1. The van der Waals surface area contributed by atoms with Crippen LogP contribution in [-0.2, 0) is 4.74 Å². The fourth-order valence-corrected chi connectivity index (χ4v) is 2.59. The second kappa shape index (κ2) is 6.38. The Balaban J connectivity index is 2.48. The number of ether oxygens (including phenoxy) is 1. The Morgan fingerprint density at radius 3 is 2.50 bits per heavy atom. The first kappa shape index (κ1) is 12.0. The third kappa shape index (κ3) is 2.94. The van der Waals surface area contributed by atoms with Gasteiger partial charge in [0.2, 0.25) is 0 Å². The molecule has 14 heavy (non-hydrogen) atoms. The van der Waals surface area contributed by atoms with Gasteiger partial charge in [-0.05, 0) is 25.2 Å². The number of hydrogen-bond acceptors (Lipinski definition) is 3. The van der Waals surface area contributed by atoms with E-state index in [0.717, 1.165) is 18.8 Å². The number of hydrazine groups is 1. The van der Waals surface area contributed by atoms with Gasteiger partial charge in [-0.15, -0.1) is 0 Å². The second-order valence-electron chi connectivity index (χ2n) is 4.30.